The van der Waals surface area contributed by atoms with Crippen LogP contribution in [0, 0.1) is 0 Å². The monoisotopic (exact) mass is 411 g/mol. The summed E-state index contributed by atoms with van der Waals surface area (Å²) in [6.07, 6.45) is -0.511. The summed E-state index contributed by atoms with van der Waals surface area (Å²) in [6, 6.07) is 7.68. The van der Waals surface area contributed by atoms with Crippen LogP contribution >= 0.6 is 15.9 Å². The van der Waals surface area contributed by atoms with Crippen molar-refractivity contribution in [3.63, 3.8) is 0 Å². The third-order valence-electron chi connectivity index (χ3n) is 4.46. The molecule has 1 aromatic rings. The van der Waals surface area contributed by atoms with Crippen LogP contribution in [0.2, 0.25) is 0 Å². The Morgan fingerprint density at radius 3 is 2.16 bits per heavy atom. The van der Waals surface area contributed by atoms with E-state index >= 15 is 0 Å². The lowest BCUT2D eigenvalue weighted by Gasteiger charge is -2.32. The lowest BCUT2D eigenvalue weighted by molar-refractivity contribution is 0.00578. The molecule has 138 valence electrons. The minimum absolute atomic E-state index is 0.493. The lowest BCUT2D eigenvalue weighted by atomic mass is 9.74. The molecule has 1 heterocycles. The Balaban J connectivity index is 2.31. The molecule has 1 N–H and O–H groups in total. The second-order valence-electron chi connectivity index (χ2n) is 8.27. The van der Waals surface area contributed by atoms with Crippen molar-refractivity contribution >= 4 is 29.1 Å². The van der Waals surface area contributed by atoms with E-state index in [4.69, 9.17) is 14.0 Å². The topological polar surface area (TPSA) is 56.8 Å². The average molecular weight is 412 g/mol. The molecule has 7 heteroatoms. The predicted molar refractivity (Wildman–Crippen MR) is 102 cm³/mol. The van der Waals surface area contributed by atoms with Crippen molar-refractivity contribution in [1.82, 2.24) is 5.32 Å². The van der Waals surface area contributed by atoms with Gasteiger partial charge in [-0.15, -0.1) is 0 Å². The number of ether oxygens (including phenoxy) is 1. The first-order valence-corrected chi connectivity index (χ1v) is 9.21. The van der Waals surface area contributed by atoms with Crippen molar-refractivity contribution in [1.29, 1.82) is 0 Å². The minimum Gasteiger partial charge on any atom is -0.444 e. The SMILES string of the molecule is CC(C)(C)OC(=O)N[C@@H](B1OC(C)(C)C(C)(C)O1)c1ccccc1Br. The molecule has 0 aliphatic carbocycles. The molecule has 1 saturated heterocycles. The van der Waals surface area contributed by atoms with Crippen LogP contribution in [-0.4, -0.2) is 30.0 Å². The first-order chi connectivity index (χ1) is 11.3. The van der Waals surface area contributed by atoms with E-state index in [0.717, 1.165) is 10.0 Å². The van der Waals surface area contributed by atoms with Crippen molar-refractivity contribution in [3.8, 4) is 0 Å². The molecule has 0 aromatic heterocycles. The zero-order chi connectivity index (χ0) is 19.0. The number of hydrogen-bond donors (Lipinski definition) is 1. The molecule has 25 heavy (non-hydrogen) atoms. The fourth-order valence-corrected chi connectivity index (χ4v) is 3.01. The van der Waals surface area contributed by atoms with Gasteiger partial charge in [-0.25, -0.2) is 4.79 Å². The molecule has 2 rings (SSSR count). The number of halogens is 1. The van der Waals surface area contributed by atoms with E-state index in [0.29, 0.717) is 0 Å². The van der Waals surface area contributed by atoms with Gasteiger partial charge in [-0.1, -0.05) is 34.1 Å². The number of hydrogen-bond acceptors (Lipinski definition) is 4. The first kappa shape index (κ1) is 20.3. The summed E-state index contributed by atoms with van der Waals surface area (Å²) in [5.74, 6) is -0.508. The normalized spacial score (nSPS) is 20.2. The van der Waals surface area contributed by atoms with E-state index in [9.17, 15) is 4.79 Å². The highest BCUT2D eigenvalue weighted by Crippen LogP contribution is 2.41. The van der Waals surface area contributed by atoms with Crippen LogP contribution in [0.4, 0.5) is 4.79 Å². The number of carbonyl (C=O) groups excluding carboxylic acids is 1. The van der Waals surface area contributed by atoms with Crippen LogP contribution in [0.3, 0.4) is 0 Å². The van der Waals surface area contributed by atoms with Crippen LogP contribution in [0.25, 0.3) is 0 Å². The van der Waals surface area contributed by atoms with Crippen molar-refractivity contribution in [2.24, 2.45) is 0 Å². The van der Waals surface area contributed by atoms with E-state index in [1.807, 2.05) is 72.7 Å². The number of alkyl carbamates (subject to hydrolysis) is 1. The highest BCUT2D eigenvalue weighted by atomic mass is 79.9. The smallest absolute Gasteiger partial charge is 0.444 e. The maximum Gasteiger partial charge on any atom is 0.486 e. The van der Waals surface area contributed by atoms with Gasteiger partial charge >= 0.3 is 13.2 Å². The molecule has 1 aliphatic heterocycles. The lowest BCUT2D eigenvalue weighted by Crippen LogP contribution is -2.43. The molecule has 1 fully saturated rings. The largest absolute Gasteiger partial charge is 0.486 e. The van der Waals surface area contributed by atoms with Gasteiger partial charge in [0.25, 0.3) is 0 Å². The maximum absolute atomic E-state index is 12.4. The maximum atomic E-state index is 12.4. The second kappa shape index (κ2) is 6.93. The Labute approximate surface area is 159 Å². The summed E-state index contributed by atoms with van der Waals surface area (Å²) in [6.45, 7) is 13.4. The fraction of sp³-hybridized carbons (Fsp3) is 0.611. The Bertz CT molecular complexity index is 626. The molecular formula is C18H27BBrNO4. The standard InChI is InChI=1S/C18H27BBrNO4/c1-16(2,3)23-15(22)21-14(12-10-8-9-11-13(12)20)19-24-17(4,5)18(6,7)25-19/h8-11,14H,1-7H3,(H,21,22)/t14-/m1/s1. The molecule has 1 atom stereocenters. The van der Waals surface area contributed by atoms with Gasteiger partial charge in [0.1, 0.15) is 5.60 Å². The van der Waals surface area contributed by atoms with Crippen molar-refractivity contribution in [2.75, 3.05) is 0 Å². The van der Waals surface area contributed by atoms with Gasteiger partial charge in [0.2, 0.25) is 0 Å². The Kier molecular flexibility index (Phi) is 5.62. The van der Waals surface area contributed by atoms with Gasteiger partial charge < -0.3 is 19.4 Å². The van der Waals surface area contributed by atoms with Crippen LogP contribution < -0.4 is 5.32 Å². The van der Waals surface area contributed by atoms with Gasteiger partial charge in [0.15, 0.2) is 0 Å². The van der Waals surface area contributed by atoms with Gasteiger partial charge in [0.05, 0.1) is 17.1 Å². The third-order valence-corrected chi connectivity index (χ3v) is 5.18. The van der Waals surface area contributed by atoms with Crippen molar-refractivity contribution < 1.29 is 18.8 Å². The third kappa shape index (κ3) is 4.77. The molecule has 0 unspecified atom stereocenters. The summed E-state index contributed by atoms with van der Waals surface area (Å²) in [4.78, 5) is 12.4. The van der Waals surface area contributed by atoms with E-state index in [1.54, 1.807) is 0 Å². The Morgan fingerprint density at radius 2 is 1.68 bits per heavy atom. The number of carbonyl (C=O) groups is 1. The zero-order valence-electron chi connectivity index (χ0n) is 16.0. The molecular weight excluding hydrogens is 385 g/mol. The number of benzene rings is 1. The highest BCUT2D eigenvalue weighted by molar-refractivity contribution is 9.10. The van der Waals surface area contributed by atoms with E-state index in [1.165, 1.54) is 0 Å². The van der Waals surface area contributed by atoms with Gasteiger partial charge in [0, 0.05) is 4.47 Å². The molecule has 0 radical (unpaired) electrons. The van der Waals surface area contributed by atoms with Crippen LogP contribution in [0.15, 0.2) is 28.7 Å². The second-order valence-corrected chi connectivity index (χ2v) is 9.12. The van der Waals surface area contributed by atoms with Crippen LogP contribution in [0.1, 0.15) is 60.0 Å². The van der Waals surface area contributed by atoms with Crippen molar-refractivity contribution in [3.05, 3.63) is 34.3 Å². The molecule has 0 spiro atoms. The summed E-state index contributed by atoms with van der Waals surface area (Å²) in [7, 11) is -0.629. The summed E-state index contributed by atoms with van der Waals surface area (Å²) < 4.78 is 18.6. The summed E-state index contributed by atoms with van der Waals surface area (Å²) in [5.41, 5.74) is -0.704. The molecule has 1 aliphatic rings. The van der Waals surface area contributed by atoms with Gasteiger partial charge in [-0.3, -0.25) is 0 Å². The van der Waals surface area contributed by atoms with E-state index in [2.05, 4.69) is 21.2 Å². The van der Waals surface area contributed by atoms with Crippen molar-refractivity contribution in [2.45, 2.75) is 71.2 Å². The fourth-order valence-electron chi connectivity index (χ4n) is 2.48. The molecule has 1 aromatic carbocycles. The number of rotatable bonds is 3. The van der Waals surface area contributed by atoms with E-state index in [-0.39, 0.29) is 0 Å². The molecule has 0 bridgehead atoms. The van der Waals surface area contributed by atoms with Gasteiger partial charge in [-0.05, 0) is 60.1 Å². The minimum atomic E-state index is -0.629. The van der Waals surface area contributed by atoms with Gasteiger partial charge in [-0.2, -0.15) is 0 Å². The zero-order valence-corrected chi connectivity index (χ0v) is 17.6. The summed E-state index contributed by atoms with van der Waals surface area (Å²) in [5, 5.41) is 2.91. The number of amides is 1. The molecule has 1 amide bonds. The average Bonchev–Trinajstić information content (AvgIpc) is 2.63. The van der Waals surface area contributed by atoms with Crippen LogP contribution in [-0.2, 0) is 14.0 Å². The Morgan fingerprint density at radius 1 is 1.16 bits per heavy atom. The highest BCUT2D eigenvalue weighted by Gasteiger charge is 2.54. The van der Waals surface area contributed by atoms with E-state index < -0.39 is 36.0 Å². The molecule has 5 nitrogen and oxygen atoms in total. The number of nitrogens with one attached hydrogen (secondary N) is 1. The first-order valence-electron chi connectivity index (χ1n) is 8.42. The summed E-state index contributed by atoms with van der Waals surface area (Å²) >= 11 is 3.55. The van der Waals surface area contributed by atoms with Crippen LogP contribution in [0.5, 0.6) is 0 Å². The predicted octanol–water partition coefficient (Wildman–Crippen LogP) is 4.65. The Hall–Kier alpha value is -1.05. The molecule has 0 saturated carbocycles. The quantitative estimate of drug-likeness (QED) is 0.735.